The van der Waals surface area contributed by atoms with Gasteiger partial charge in [0.15, 0.2) is 0 Å². The van der Waals surface area contributed by atoms with Gasteiger partial charge in [0.05, 0.1) is 0 Å². The molecule has 1 heterocycles. The summed E-state index contributed by atoms with van der Waals surface area (Å²) in [5.74, 6) is 0.612. The van der Waals surface area contributed by atoms with Crippen LogP contribution in [0.5, 0.6) is 5.88 Å². The van der Waals surface area contributed by atoms with Crippen LogP contribution in [-0.2, 0) is 6.54 Å². The number of nitrogens with zero attached hydrogens (tertiary/aromatic N) is 1. The fourth-order valence-corrected chi connectivity index (χ4v) is 2.61. The maximum absolute atomic E-state index is 12.0. The van der Waals surface area contributed by atoms with Crippen LogP contribution in [0.2, 0.25) is 0 Å². The van der Waals surface area contributed by atoms with Crippen molar-refractivity contribution in [1.82, 2.24) is 9.55 Å². The predicted octanol–water partition coefficient (Wildman–Crippen LogP) is 1.97. The van der Waals surface area contributed by atoms with Gasteiger partial charge in [0.2, 0.25) is 5.88 Å². The normalized spacial score (nSPS) is 10.8. The van der Waals surface area contributed by atoms with Crippen molar-refractivity contribution in [3.8, 4) is 17.0 Å². The molecule has 21 heavy (non-hydrogen) atoms. The summed E-state index contributed by atoms with van der Waals surface area (Å²) in [6.07, 6.45) is 2.72. The quantitative estimate of drug-likeness (QED) is 0.828. The number of H-pyrrole nitrogens is 1. The van der Waals surface area contributed by atoms with Crippen molar-refractivity contribution >= 4 is 11.8 Å². The number of hydrogen-bond donors (Lipinski definition) is 2. The molecule has 5 nitrogen and oxygen atoms in total. The Balaban J connectivity index is 2.54. The van der Waals surface area contributed by atoms with Crippen molar-refractivity contribution in [3.05, 3.63) is 50.7 Å². The van der Waals surface area contributed by atoms with E-state index in [2.05, 4.69) is 4.98 Å². The Morgan fingerprint density at radius 1 is 1.33 bits per heavy atom. The summed E-state index contributed by atoms with van der Waals surface area (Å²) in [5, 5.41) is 10.3. The first-order valence-corrected chi connectivity index (χ1v) is 8.06. The molecule has 0 saturated carbocycles. The molecular weight excluding hydrogens is 288 g/mol. The second-order valence-corrected chi connectivity index (χ2v) is 5.81. The molecule has 1 aromatic carbocycles. The second kappa shape index (κ2) is 6.67. The van der Waals surface area contributed by atoms with Crippen molar-refractivity contribution in [2.45, 2.75) is 19.9 Å². The highest BCUT2D eigenvalue weighted by atomic mass is 32.2. The molecule has 0 spiro atoms. The lowest BCUT2D eigenvalue weighted by Gasteiger charge is -2.11. The molecule has 0 aliphatic rings. The molecule has 0 radical (unpaired) electrons. The van der Waals surface area contributed by atoms with E-state index in [1.165, 1.54) is 4.57 Å². The number of aromatic hydroxyl groups is 1. The van der Waals surface area contributed by atoms with E-state index in [0.29, 0.717) is 12.1 Å². The summed E-state index contributed by atoms with van der Waals surface area (Å²) in [7, 11) is 0. The SMILES string of the molecule is CSCCCn1c(O)c(-c2cccc(C)c2)c(=O)[nH]c1=O. The summed E-state index contributed by atoms with van der Waals surface area (Å²) in [4.78, 5) is 26.1. The number of aryl methyl sites for hydroxylation is 1. The van der Waals surface area contributed by atoms with Gasteiger partial charge in [0, 0.05) is 6.54 Å². The van der Waals surface area contributed by atoms with Crippen LogP contribution in [0, 0.1) is 6.92 Å². The Hall–Kier alpha value is -1.95. The van der Waals surface area contributed by atoms with Crippen LogP contribution >= 0.6 is 11.8 Å². The van der Waals surface area contributed by atoms with Gasteiger partial charge in [-0.2, -0.15) is 11.8 Å². The van der Waals surface area contributed by atoms with E-state index < -0.39 is 11.2 Å². The van der Waals surface area contributed by atoms with Crippen molar-refractivity contribution in [1.29, 1.82) is 0 Å². The van der Waals surface area contributed by atoms with Crippen molar-refractivity contribution in [2.24, 2.45) is 0 Å². The average molecular weight is 306 g/mol. The number of thioether (sulfide) groups is 1. The Labute approximate surface area is 126 Å². The Morgan fingerprint density at radius 2 is 2.10 bits per heavy atom. The lowest BCUT2D eigenvalue weighted by molar-refractivity contribution is 0.402. The molecule has 2 rings (SSSR count). The minimum Gasteiger partial charge on any atom is -0.494 e. The lowest BCUT2D eigenvalue weighted by Crippen LogP contribution is -2.31. The summed E-state index contributed by atoms with van der Waals surface area (Å²) in [5.41, 5.74) is 0.584. The van der Waals surface area contributed by atoms with Gasteiger partial charge in [-0.15, -0.1) is 0 Å². The molecule has 112 valence electrons. The Bertz CT molecular complexity index is 749. The molecule has 0 bridgehead atoms. The summed E-state index contributed by atoms with van der Waals surface area (Å²) in [6, 6.07) is 7.27. The molecule has 0 atom stereocenters. The van der Waals surface area contributed by atoms with Gasteiger partial charge in [-0.3, -0.25) is 14.3 Å². The highest BCUT2D eigenvalue weighted by Crippen LogP contribution is 2.24. The standard InChI is InChI=1S/C15H18N2O3S/c1-10-5-3-6-11(9-10)12-13(18)16-15(20)17(14(12)19)7-4-8-21-2/h3,5-6,9,19H,4,7-8H2,1-2H3,(H,16,18,20). The van der Waals surface area contributed by atoms with Gasteiger partial charge in [-0.25, -0.2) is 4.79 Å². The van der Waals surface area contributed by atoms with Gasteiger partial charge in [0.1, 0.15) is 5.56 Å². The van der Waals surface area contributed by atoms with Crippen molar-refractivity contribution in [3.63, 3.8) is 0 Å². The van der Waals surface area contributed by atoms with Gasteiger partial charge in [-0.05, 0) is 30.9 Å². The van der Waals surface area contributed by atoms with Crippen molar-refractivity contribution in [2.75, 3.05) is 12.0 Å². The molecule has 2 N–H and O–H groups in total. The smallest absolute Gasteiger partial charge is 0.331 e. The number of rotatable bonds is 5. The minimum absolute atomic E-state index is 0.141. The lowest BCUT2D eigenvalue weighted by atomic mass is 10.1. The molecule has 0 saturated heterocycles. The first-order valence-electron chi connectivity index (χ1n) is 6.66. The molecule has 0 unspecified atom stereocenters. The fraction of sp³-hybridized carbons (Fsp3) is 0.333. The van der Waals surface area contributed by atoms with Gasteiger partial charge < -0.3 is 5.11 Å². The molecular formula is C15H18N2O3S. The molecule has 6 heteroatoms. The monoisotopic (exact) mass is 306 g/mol. The Kier molecular flexibility index (Phi) is 4.90. The van der Waals surface area contributed by atoms with Crippen LogP contribution in [0.25, 0.3) is 11.1 Å². The van der Waals surface area contributed by atoms with E-state index in [4.69, 9.17) is 0 Å². The Morgan fingerprint density at radius 3 is 2.76 bits per heavy atom. The topological polar surface area (TPSA) is 75.1 Å². The van der Waals surface area contributed by atoms with Crippen LogP contribution in [0.3, 0.4) is 0 Å². The third-order valence-corrected chi connectivity index (χ3v) is 3.91. The van der Waals surface area contributed by atoms with Crippen LogP contribution < -0.4 is 11.2 Å². The largest absolute Gasteiger partial charge is 0.494 e. The molecule has 1 aromatic heterocycles. The van der Waals surface area contributed by atoms with E-state index in [1.807, 2.05) is 25.3 Å². The van der Waals surface area contributed by atoms with Crippen molar-refractivity contribution < 1.29 is 5.11 Å². The van der Waals surface area contributed by atoms with Crippen LogP contribution in [0.15, 0.2) is 33.9 Å². The maximum Gasteiger partial charge on any atom is 0.331 e. The van der Waals surface area contributed by atoms with Gasteiger partial charge >= 0.3 is 5.69 Å². The molecule has 0 aliphatic carbocycles. The maximum atomic E-state index is 12.0. The highest BCUT2D eigenvalue weighted by molar-refractivity contribution is 7.98. The second-order valence-electron chi connectivity index (χ2n) is 4.83. The summed E-state index contributed by atoms with van der Waals surface area (Å²) in [6.45, 7) is 2.28. The first-order chi connectivity index (χ1) is 10.0. The highest BCUT2D eigenvalue weighted by Gasteiger charge is 2.15. The molecule has 0 amide bonds. The zero-order valence-electron chi connectivity index (χ0n) is 12.0. The first kappa shape index (κ1) is 15.4. The van der Waals surface area contributed by atoms with Crippen LogP contribution in [0.1, 0.15) is 12.0 Å². The zero-order valence-corrected chi connectivity index (χ0v) is 12.9. The van der Waals surface area contributed by atoms with E-state index in [-0.39, 0.29) is 11.4 Å². The minimum atomic E-state index is -0.574. The van der Waals surface area contributed by atoms with Gasteiger partial charge in [-0.1, -0.05) is 29.8 Å². The number of hydrogen-bond acceptors (Lipinski definition) is 4. The zero-order chi connectivity index (χ0) is 15.4. The molecule has 0 fully saturated rings. The average Bonchev–Trinajstić information content (AvgIpc) is 2.42. The number of benzene rings is 1. The predicted molar refractivity (Wildman–Crippen MR) is 86.2 cm³/mol. The third kappa shape index (κ3) is 3.39. The molecule has 0 aliphatic heterocycles. The van der Waals surface area contributed by atoms with Crippen LogP contribution in [-0.4, -0.2) is 26.7 Å². The summed E-state index contributed by atoms with van der Waals surface area (Å²) < 4.78 is 1.22. The molecule has 2 aromatic rings. The van der Waals surface area contributed by atoms with Crippen LogP contribution in [0.4, 0.5) is 0 Å². The number of nitrogens with one attached hydrogen (secondary N) is 1. The van der Waals surface area contributed by atoms with E-state index in [9.17, 15) is 14.7 Å². The number of aromatic amines is 1. The summed E-state index contributed by atoms with van der Waals surface area (Å²) >= 11 is 1.67. The van der Waals surface area contributed by atoms with E-state index in [0.717, 1.165) is 17.7 Å². The number of aromatic nitrogens is 2. The fourth-order valence-electron chi connectivity index (χ4n) is 2.20. The van der Waals surface area contributed by atoms with Gasteiger partial charge in [0.25, 0.3) is 5.56 Å². The van der Waals surface area contributed by atoms with E-state index >= 15 is 0 Å². The van der Waals surface area contributed by atoms with E-state index in [1.54, 1.807) is 23.9 Å². The third-order valence-electron chi connectivity index (χ3n) is 3.21.